The van der Waals surface area contributed by atoms with Gasteiger partial charge in [0.2, 0.25) is 0 Å². The zero-order chi connectivity index (χ0) is 13.0. The molecule has 1 unspecified atom stereocenters. The van der Waals surface area contributed by atoms with Gasteiger partial charge in [0.25, 0.3) is 0 Å². The summed E-state index contributed by atoms with van der Waals surface area (Å²) in [4.78, 5) is 15.9. The Labute approximate surface area is 109 Å². The molecule has 1 atom stereocenters. The third-order valence-electron chi connectivity index (χ3n) is 3.55. The molecular formula is C16H21NO. The summed E-state index contributed by atoms with van der Waals surface area (Å²) in [6, 6.07) is 10.5. The second-order valence-electron chi connectivity index (χ2n) is 5.20. The number of Topliss-reactive ketones (excluding diaryl/α,β-unsaturated/α-hetero) is 1. The lowest BCUT2D eigenvalue weighted by atomic mass is 9.87. The molecule has 1 aliphatic rings. The van der Waals surface area contributed by atoms with Crippen LogP contribution in [-0.2, 0) is 11.2 Å². The Hall–Kier alpha value is -1.44. The molecule has 0 radical (unpaired) electrons. The van der Waals surface area contributed by atoms with Crippen LogP contribution in [0.1, 0.15) is 45.1 Å². The van der Waals surface area contributed by atoms with Crippen molar-refractivity contribution in [3.8, 4) is 0 Å². The zero-order valence-corrected chi connectivity index (χ0v) is 11.3. The Morgan fingerprint density at radius 1 is 1.28 bits per heavy atom. The van der Waals surface area contributed by atoms with E-state index in [4.69, 9.17) is 4.99 Å². The van der Waals surface area contributed by atoms with E-state index in [2.05, 4.69) is 31.2 Å². The number of hydrogen-bond donors (Lipinski definition) is 0. The quantitative estimate of drug-likeness (QED) is 0.719. The van der Waals surface area contributed by atoms with Crippen molar-refractivity contribution in [2.24, 2.45) is 4.99 Å². The van der Waals surface area contributed by atoms with E-state index in [1.165, 1.54) is 11.3 Å². The molecular weight excluding hydrogens is 222 g/mol. The predicted molar refractivity (Wildman–Crippen MR) is 75.1 cm³/mol. The molecule has 0 fully saturated rings. The van der Waals surface area contributed by atoms with E-state index in [0.29, 0.717) is 6.42 Å². The SMILES string of the molecule is CCCC1=NC1(CCC(C)=O)Cc1ccccc1. The predicted octanol–water partition coefficient (Wildman–Crippen LogP) is 3.59. The molecule has 0 N–H and O–H groups in total. The Morgan fingerprint density at radius 3 is 2.61 bits per heavy atom. The van der Waals surface area contributed by atoms with Crippen LogP contribution < -0.4 is 0 Å². The number of benzene rings is 1. The fourth-order valence-electron chi connectivity index (χ4n) is 2.50. The van der Waals surface area contributed by atoms with Crippen LogP contribution in [0, 0.1) is 0 Å². The molecule has 0 spiro atoms. The molecule has 0 saturated heterocycles. The molecule has 0 aliphatic carbocycles. The average Bonchev–Trinajstić information content (AvgIpc) is 3.02. The van der Waals surface area contributed by atoms with Crippen LogP contribution >= 0.6 is 0 Å². The Bertz CT molecular complexity index is 449. The van der Waals surface area contributed by atoms with Gasteiger partial charge in [0.05, 0.1) is 0 Å². The Balaban J connectivity index is 2.01. The van der Waals surface area contributed by atoms with Gasteiger partial charge in [-0.15, -0.1) is 0 Å². The molecule has 1 aliphatic heterocycles. The molecule has 18 heavy (non-hydrogen) atoms. The number of aliphatic imine (C=N–C) groups is 1. The largest absolute Gasteiger partial charge is 0.300 e. The van der Waals surface area contributed by atoms with Crippen molar-refractivity contribution >= 4 is 11.5 Å². The minimum Gasteiger partial charge on any atom is -0.300 e. The third-order valence-corrected chi connectivity index (χ3v) is 3.55. The van der Waals surface area contributed by atoms with E-state index in [1.807, 2.05) is 6.07 Å². The highest BCUT2D eigenvalue weighted by Gasteiger charge is 2.45. The summed E-state index contributed by atoms with van der Waals surface area (Å²) in [5.74, 6) is 0.264. The first-order valence-corrected chi connectivity index (χ1v) is 6.79. The van der Waals surface area contributed by atoms with Crippen molar-refractivity contribution < 1.29 is 4.79 Å². The first-order valence-electron chi connectivity index (χ1n) is 6.79. The van der Waals surface area contributed by atoms with Crippen molar-refractivity contribution in [1.29, 1.82) is 0 Å². The lowest BCUT2D eigenvalue weighted by Crippen LogP contribution is -2.23. The van der Waals surface area contributed by atoms with Gasteiger partial charge in [-0.3, -0.25) is 4.99 Å². The van der Waals surface area contributed by atoms with Crippen molar-refractivity contribution in [2.45, 2.75) is 51.5 Å². The van der Waals surface area contributed by atoms with Gasteiger partial charge in [-0.2, -0.15) is 0 Å². The summed E-state index contributed by atoms with van der Waals surface area (Å²) in [5.41, 5.74) is 2.61. The zero-order valence-electron chi connectivity index (χ0n) is 11.3. The van der Waals surface area contributed by atoms with Crippen molar-refractivity contribution in [1.82, 2.24) is 0 Å². The monoisotopic (exact) mass is 243 g/mol. The molecule has 96 valence electrons. The lowest BCUT2D eigenvalue weighted by molar-refractivity contribution is -0.117. The maximum absolute atomic E-state index is 11.2. The Kier molecular flexibility index (Phi) is 3.95. The molecule has 1 heterocycles. The highest BCUT2D eigenvalue weighted by Crippen LogP contribution is 2.38. The van der Waals surface area contributed by atoms with E-state index < -0.39 is 0 Å². The summed E-state index contributed by atoms with van der Waals surface area (Å²) in [6.45, 7) is 3.84. The second kappa shape index (κ2) is 5.47. The number of rotatable bonds is 7. The van der Waals surface area contributed by atoms with Gasteiger partial charge >= 0.3 is 0 Å². The number of hydrogen-bond acceptors (Lipinski definition) is 2. The number of nitrogens with zero attached hydrogens (tertiary/aromatic N) is 1. The van der Waals surface area contributed by atoms with Crippen LogP contribution in [0.2, 0.25) is 0 Å². The molecule has 0 amide bonds. The van der Waals surface area contributed by atoms with E-state index in [1.54, 1.807) is 6.92 Å². The lowest BCUT2D eigenvalue weighted by Gasteiger charge is -2.15. The summed E-state index contributed by atoms with van der Waals surface area (Å²) < 4.78 is 0. The maximum atomic E-state index is 11.2. The minimum absolute atomic E-state index is 0.0248. The maximum Gasteiger partial charge on any atom is 0.129 e. The fourth-order valence-corrected chi connectivity index (χ4v) is 2.50. The smallest absolute Gasteiger partial charge is 0.129 e. The van der Waals surface area contributed by atoms with Crippen LogP contribution in [0.15, 0.2) is 35.3 Å². The molecule has 0 bridgehead atoms. The summed E-state index contributed by atoms with van der Waals surface area (Å²) in [7, 11) is 0. The van der Waals surface area contributed by atoms with E-state index in [0.717, 1.165) is 25.7 Å². The van der Waals surface area contributed by atoms with E-state index >= 15 is 0 Å². The van der Waals surface area contributed by atoms with Gasteiger partial charge < -0.3 is 4.79 Å². The molecule has 2 rings (SSSR count). The van der Waals surface area contributed by atoms with E-state index in [-0.39, 0.29) is 11.3 Å². The van der Waals surface area contributed by atoms with Gasteiger partial charge in [-0.25, -0.2) is 0 Å². The average molecular weight is 243 g/mol. The number of ketones is 1. The van der Waals surface area contributed by atoms with Gasteiger partial charge in [0.15, 0.2) is 0 Å². The van der Waals surface area contributed by atoms with Crippen LogP contribution in [0.3, 0.4) is 0 Å². The van der Waals surface area contributed by atoms with E-state index in [9.17, 15) is 4.79 Å². The summed E-state index contributed by atoms with van der Waals surface area (Å²) >= 11 is 0. The normalized spacial score (nSPS) is 21.6. The fraction of sp³-hybridized carbons (Fsp3) is 0.500. The second-order valence-corrected chi connectivity index (χ2v) is 5.20. The highest BCUT2D eigenvalue weighted by atomic mass is 16.1. The van der Waals surface area contributed by atoms with Gasteiger partial charge in [-0.1, -0.05) is 43.7 Å². The topological polar surface area (TPSA) is 29.4 Å². The van der Waals surface area contributed by atoms with Crippen molar-refractivity contribution in [3.05, 3.63) is 35.9 Å². The third kappa shape index (κ3) is 3.06. The minimum atomic E-state index is -0.0248. The standard InChI is InChI=1S/C16H21NO/c1-3-7-15-16(17-15,11-10-13(2)18)12-14-8-5-4-6-9-14/h4-6,8-9H,3,7,10-12H2,1-2H3. The molecule has 2 nitrogen and oxygen atoms in total. The first-order chi connectivity index (χ1) is 8.66. The molecule has 1 aromatic rings. The molecule has 0 aromatic heterocycles. The van der Waals surface area contributed by atoms with Crippen LogP contribution in [-0.4, -0.2) is 17.0 Å². The van der Waals surface area contributed by atoms with Crippen molar-refractivity contribution in [2.75, 3.05) is 0 Å². The van der Waals surface area contributed by atoms with Crippen molar-refractivity contribution in [3.63, 3.8) is 0 Å². The van der Waals surface area contributed by atoms with Gasteiger partial charge in [-0.05, 0) is 25.3 Å². The molecule has 1 aromatic carbocycles. The number of carbonyl (C=O) groups is 1. The first kappa shape index (κ1) is 13.0. The van der Waals surface area contributed by atoms with Crippen LogP contribution in [0.5, 0.6) is 0 Å². The summed E-state index contributed by atoms with van der Waals surface area (Å²) in [6.07, 6.45) is 4.69. The molecule has 2 heteroatoms. The molecule has 0 saturated carbocycles. The van der Waals surface area contributed by atoms with Crippen LogP contribution in [0.4, 0.5) is 0 Å². The van der Waals surface area contributed by atoms with Crippen LogP contribution in [0.25, 0.3) is 0 Å². The van der Waals surface area contributed by atoms with Gasteiger partial charge in [0.1, 0.15) is 11.3 Å². The van der Waals surface area contributed by atoms with Gasteiger partial charge in [0, 0.05) is 18.6 Å². The number of carbonyl (C=O) groups excluding carboxylic acids is 1. The summed E-state index contributed by atoms with van der Waals surface area (Å²) in [5, 5.41) is 0. The highest BCUT2D eigenvalue weighted by molar-refractivity contribution is 6.05. The Morgan fingerprint density at radius 2 is 2.00 bits per heavy atom.